The van der Waals surface area contributed by atoms with Crippen LogP contribution in [-0.4, -0.2) is 46.0 Å². The number of nitrogens with zero attached hydrogens (tertiary/aromatic N) is 4. The number of rotatable bonds is 3. The number of nitrogens with one attached hydrogen (secondary N) is 1. The summed E-state index contributed by atoms with van der Waals surface area (Å²) in [5, 5.41) is 3.38. The van der Waals surface area contributed by atoms with Gasteiger partial charge in [0.05, 0.1) is 0 Å². The average Bonchev–Trinajstić information content (AvgIpc) is 2.27. The van der Waals surface area contributed by atoms with E-state index in [-0.39, 0.29) is 10.6 Å². The summed E-state index contributed by atoms with van der Waals surface area (Å²) in [5.41, 5.74) is 0. The summed E-state index contributed by atoms with van der Waals surface area (Å²) in [4.78, 5) is 14.0. The van der Waals surface area contributed by atoms with E-state index in [0.29, 0.717) is 12.0 Å². The van der Waals surface area contributed by atoms with E-state index in [1.807, 2.05) is 0 Å². The Bertz CT molecular complexity index is 367. The molecule has 94 valence electrons. The molecule has 17 heavy (non-hydrogen) atoms. The molecule has 2 rings (SSSR count). The van der Waals surface area contributed by atoms with E-state index < -0.39 is 0 Å². The molecule has 0 aromatic carbocycles. The van der Waals surface area contributed by atoms with Gasteiger partial charge in [-0.25, -0.2) is 0 Å². The normalized spacial score (nSPS) is 21.5. The summed E-state index contributed by atoms with van der Waals surface area (Å²) in [6.07, 6.45) is 3.74. The molecule has 7 heteroatoms. The molecule has 5 nitrogen and oxygen atoms in total. The van der Waals surface area contributed by atoms with Crippen LogP contribution in [0.2, 0.25) is 10.6 Å². The molecule has 1 aliphatic rings. The molecule has 0 radical (unpaired) electrons. The molecule has 0 spiro atoms. The van der Waals surface area contributed by atoms with Gasteiger partial charge in [-0.2, -0.15) is 15.0 Å². The van der Waals surface area contributed by atoms with Crippen LogP contribution in [-0.2, 0) is 0 Å². The van der Waals surface area contributed by atoms with E-state index >= 15 is 0 Å². The number of aromatic nitrogens is 3. The van der Waals surface area contributed by atoms with Gasteiger partial charge in [-0.3, -0.25) is 0 Å². The van der Waals surface area contributed by atoms with E-state index in [4.69, 9.17) is 23.2 Å². The zero-order valence-electron chi connectivity index (χ0n) is 9.66. The van der Waals surface area contributed by atoms with Gasteiger partial charge in [-0.1, -0.05) is 6.42 Å². The van der Waals surface area contributed by atoms with Crippen molar-refractivity contribution < 1.29 is 0 Å². The van der Waals surface area contributed by atoms with E-state index in [1.165, 1.54) is 19.3 Å². The number of hydrogen-bond donors (Lipinski definition) is 1. The Kier molecular flexibility index (Phi) is 4.36. The molecule has 0 saturated carbocycles. The predicted octanol–water partition coefficient (Wildman–Crippen LogP) is 2.07. The lowest BCUT2D eigenvalue weighted by Crippen LogP contribution is -2.41. The predicted molar refractivity (Wildman–Crippen MR) is 68.6 cm³/mol. The summed E-state index contributed by atoms with van der Waals surface area (Å²) >= 11 is 11.4. The highest BCUT2D eigenvalue weighted by atomic mass is 35.5. The quantitative estimate of drug-likeness (QED) is 0.916. The third kappa shape index (κ3) is 3.66. The SMILES string of the molecule is CN1CCCCC1CNc1nc(Cl)nc(Cl)n1. The van der Waals surface area contributed by atoms with Crippen molar-refractivity contribution in [1.82, 2.24) is 19.9 Å². The first kappa shape index (κ1) is 12.8. The molecule has 1 aromatic rings. The Morgan fingerprint density at radius 2 is 1.94 bits per heavy atom. The maximum absolute atomic E-state index is 5.70. The number of halogens is 2. The van der Waals surface area contributed by atoms with Crippen LogP contribution in [0.15, 0.2) is 0 Å². The van der Waals surface area contributed by atoms with Gasteiger partial charge in [0.25, 0.3) is 0 Å². The van der Waals surface area contributed by atoms with Crippen molar-refractivity contribution in [1.29, 1.82) is 0 Å². The first-order valence-corrected chi connectivity index (χ1v) is 6.42. The first-order chi connectivity index (χ1) is 8.15. The topological polar surface area (TPSA) is 53.9 Å². The zero-order valence-corrected chi connectivity index (χ0v) is 11.2. The average molecular weight is 276 g/mol. The minimum Gasteiger partial charge on any atom is -0.352 e. The fourth-order valence-electron chi connectivity index (χ4n) is 2.02. The number of likely N-dealkylation sites (tertiary alicyclic amines) is 1. The maximum atomic E-state index is 5.70. The number of piperidine rings is 1. The molecule has 1 atom stereocenters. The van der Waals surface area contributed by atoms with Crippen molar-refractivity contribution in [3.05, 3.63) is 10.6 Å². The van der Waals surface area contributed by atoms with Gasteiger partial charge in [0, 0.05) is 12.6 Å². The summed E-state index contributed by atoms with van der Waals surface area (Å²) < 4.78 is 0. The molecule has 1 aromatic heterocycles. The summed E-state index contributed by atoms with van der Waals surface area (Å²) in [6, 6.07) is 0.512. The molecule has 1 saturated heterocycles. The lowest BCUT2D eigenvalue weighted by molar-refractivity contribution is 0.194. The largest absolute Gasteiger partial charge is 0.352 e. The Morgan fingerprint density at radius 3 is 2.59 bits per heavy atom. The third-order valence-corrected chi connectivity index (χ3v) is 3.34. The maximum Gasteiger partial charge on any atom is 0.228 e. The van der Waals surface area contributed by atoms with Crippen LogP contribution in [0.5, 0.6) is 0 Å². The highest BCUT2D eigenvalue weighted by molar-refractivity contribution is 6.31. The van der Waals surface area contributed by atoms with Crippen molar-refractivity contribution in [2.45, 2.75) is 25.3 Å². The highest BCUT2D eigenvalue weighted by Crippen LogP contribution is 2.16. The fraction of sp³-hybridized carbons (Fsp3) is 0.700. The van der Waals surface area contributed by atoms with Gasteiger partial charge < -0.3 is 10.2 Å². The second-order valence-electron chi connectivity index (χ2n) is 4.21. The van der Waals surface area contributed by atoms with Gasteiger partial charge in [0.1, 0.15) is 0 Å². The van der Waals surface area contributed by atoms with Crippen LogP contribution < -0.4 is 5.32 Å². The van der Waals surface area contributed by atoms with Crippen LogP contribution >= 0.6 is 23.2 Å². The van der Waals surface area contributed by atoms with E-state index in [2.05, 4.69) is 32.2 Å². The number of anilines is 1. The molecule has 1 N–H and O–H groups in total. The molecule has 1 aliphatic heterocycles. The van der Waals surface area contributed by atoms with Crippen LogP contribution in [0, 0.1) is 0 Å². The molecule has 2 heterocycles. The molecular formula is C10H15Cl2N5. The third-order valence-electron chi connectivity index (χ3n) is 3.00. The van der Waals surface area contributed by atoms with Crippen molar-refractivity contribution in [2.24, 2.45) is 0 Å². The fourth-order valence-corrected chi connectivity index (χ4v) is 2.38. The van der Waals surface area contributed by atoms with Crippen molar-refractivity contribution >= 4 is 29.2 Å². The first-order valence-electron chi connectivity index (χ1n) is 5.66. The summed E-state index contributed by atoms with van der Waals surface area (Å²) in [7, 11) is 2.14. The lowest BCUT2D eigenvalue weighted by Gasteiger charge is -2.32. The lowest BCUT2D eigenvalue weighted by atomic mass is 10.0. The van der Waals surface area contributed by atoms with E-state index in [0.717, 1.165) is 13.1 Å². The van der Waals surface area contributed by atoms with Gasteiger partial charge in [0.2, 0.25) is 16.5 Å². The van der Waals surface area contributed by atoms with E-state index in [1.54, 1.807) is 0 Å². The Morgan fingerprint density at radius 1 is 1.24 bits per heavy atom. The van der Waals surface area contributed by atoms with E-state index in [9.17, 15) is 0 Å². The Hall–Kier alpha value is -0.650. The monoisotopic (exact) mass is 275 g/mol. The second-order valence-corrected chi connectivity index (χ2v) is 4.88. The number of likely N-dealkylation sites (N-methyl/N-ethyl adjacent to an activating group) is 1. The molecule has 0 amide bonds. The van der Waals surface area contributed by atoms with Crippen molar-refractivity contribution in [3.8, 4) is 0 Å². The van der Waals surface area contributed by atoms with Gasteiger partial charge >= 0.3 is 0 Å². The van der Waals surface area contributed by atoms with Crippen LogP contribution in [0.3, 0.4) is 0 Å². The zero-order chi connectivity index (χ0) is 12.3. The van der Waals surface area contributed by atoms with Crippen LogP contribution in [0.25, 0.3) is 0 Å². The summed E-state index contributed by atoms with van der Waals surface area (Å²) in [5.74, 6) is 0.439. The minimum atomic E-state index is 0.115. The van der Waals surface area contributed by atoms with Crippen LogP contribution in [0.1, 0.15) is 19.3 Å². The molecule has 0 bridgehead atoms. The highest BCUT2D eigenvalue weighted by Gasteiger charge is 2.18. The molecule has 1 unspecified atom stereocenters. The van der Waals surface area contributed by atoms with Gasteiger partial charge in [-0.15, -0.1) is 0 Å². The Labute approximate surface area is 111 Å². The molecule has 0 aliphatic carbocycles. The summed E-state index contributed by atoms with van der Waals surface area (Å²) in [6.45, 7) is 1.94. The minimum absolute atomic E-state index is 0.115. The van der Waals surface area contributed by atoms with Crippen molar-refractivity contribution in [2.75, 3.05) is 25.5 Å². The molecule has 1 fully saturated rings. The smallest absolute Gasteiger partial charge is 0.228 e. The Balaban J connectivity index is 1.92. The van der Waals surface area contributed by atoms with Crippen LogP contribution in [0.4, 0.5) is 5.95 Å². The second kappa shape index (κ2) is 5.80. The molecular weight excluding hydrogens is 261 g/mol. The van der Waals surface area contributed by atoms with Gasteiger partial charge in [-0.05, 0) is 49.6 Å². The van der Waals surface area contributed by atoms with Crippen molar-refractivity contribution in [3.63, 3.8) is 0 Å². The standard InChI is InChI=1S/C10H15Cl2N5/c1-17-5-3-2-4-7(17)6-13-10-15-8(11)14-9(12)16-10/h7H,2-6H2,1H3,(H,13,14,15,16). The number of hydrogen-bond acceptors (Lipinski definition) is 5. The van der Waals surface area contributed by atoms with Gasteiger partial charge in [0.15, 0.2) is 0 Å².